The molecule has 1 amide bonds. The number of anilines is 1. The van der Waals surface area contributed by atoms with Crippen molar-refractivity contribution < 1.29 is 13.2 Å². The Morgan fingerprint density at radius 1 is 1.32 bits per heavy atom. The van der Waals surface area contributed by atoms with Crippen LogP contribution in [0.1, 0.15) is 61.0 Å². The first-order chi connectivity index (χ1) is 18.0. The zero-order valence-electron chi connectivity index (χ0n) is 22.7. The number of nitrogens with two attached hydrogens (primary N) is 1. The number of hydrogen-bond donors (Lipinski definition) is 1. The molecule has 0 radical (unpaired) electrons. The summed E-state index contributed by atoms with van der Waals surface area (Å²) in [6.45, 7) is 5.70. The molecule has 10 heteroatoms. The highest BCUT2D eigenvalue weighted by molar-refractivity contribution is 7.90. The van der Waals surface area contributed by atoms with Crippen LogP contribution in [0.2, 0.25) is 0 Å². The first-order valence-electron chi connectivity index (χ1n) is 13.4. The van der Waals surface area contributed by atoms with Crippen LogP contribution >= 0.6 is 0 Å². The molecular weight excluding hydrogens is 500 g/mol. The Morgan fingerprint density at radius 3 is 2.79 bits per heavy atom. The minimum Gasteiger partial charge on any atom is -0.355 e. The van der Waals surface area contributed by atoms with E-state index in [1.54, 1.807) is 9.42 Å². The summed E-state index contributed by atoms with van der Waals surface area (Å²) < 4.78 is 25.5. The lowest BCUT2D eigenvalue weighted by Crippen LogP contribution is -2.45. The Kier molecular flexibility index (Phi) is 6.98. The first-order valence-corrected chi connectivity index (χ1v) is 15.5. The normalized spacial score (nSPS) is 22.1. The maximum Gasteiger partial charge on any atom is 0.233 e. The van der Waals surface area contributed by atoms with Crippen LogP contribution in [0.3, 0.4) is 0 Å². The summed E-state index contributed by atoms with van der Waals surface area (Å²) in [5, 5.41) is 4.79. The highest BCUT2D eigenvalue weighted by atomic mass is 32.2. The summed E-state index contributed by atoms with van der Waals surface area (Å²) in [5.74, 6) is 1.02. The fourth-order valence-corrected chi connectivity index (χ4v) is 6.82. The molecule has 9 nitrogen and oxygen atoms in total. The van der Waals surface area contributed by atoms with Gasteiger partial charge in [-0.15, -0.1) is 0 Å². The monoisotopic (exact) mass is 538 g/mol. The molecule has 0 spiro atoms. The molecule has 1 saturated heterocycles. The van der Waals surface area contributed by atoms with Crippen molar-refractivity contribution in [2.75, 3.05) is 37.0 Å². The van der Waals surface area contributed by atoms with Crippen LogP contribution in [0.5, 0.6) is 0 Å². The van der Waals surface area contributed by atoms with Gasteiger partial charge in [-0.2, -0.15) is 5.10 Å². The molecule has 1 aliphatic carbocycles. The molecular formula is C28H38N6O3S. The lowest BCUT2D eigenvalue weighted by molar-refractivity contribution is -0.138. The van der Waals surface area contributed by atoms with E-state index in [1.165, 1.54) is 11.8 Å². The number of likely N-dealkylation sites (N-methyl/N-ethyl adjacent to an activating group) is 1. The molecule has 3 atom stereocenters. The topological polar surface area (TPSA) is 114 Å². The molecule has 0 saturated carbocycles. The van der Waals surface area contributed by atoms with Crippen molar-refractivity contribution in [1.82, 2.24) is 19.5 Å². The maximum absolute atomic E-state index is 14.2. The largest absolute Gasteiger partial charge is 0.355 e. The van der Waals surface area contributed by atoms with Crippen molar-refractivity contribution in [1.29, 1.82) is 0 Å². The van der Waals surface area contributed by atoms with Crippen LogP contribution in [0.4, 0.5) is 5.82 Å². The number of benzene rings is 1. The average molecular weight is 539 g/mol. The number of nitrogens with zero attached hydrogens (tertiary/aromatic N) is 5. The number of rotatable bonds is 8. The molecule has 0 bridgehead atoms. The fraction of sp³-hybridized carbons (Fsp3) is 0.536. The Morgan fingerprint density at radius 2 is 2.08 bits per heavy atom. The van der Waals surface area contributed by atoms with Crippen molar-refractivity contribution in [3.8, 4) is 0 Å². The molecule has 2 aromatic heterocycles. The second kappa shape index (κ2) is 9.96. The molecule has 3 aromatic rings. The summed E-state index contributed by atoms with van der Waals surface area (Å²) in [5.41, 5.74) is 10.1. The summed E-state index contributed by atoms with van der Waals surface area (Å²) in [4.78, 5) is 23.1. The summed E-state index contributed by atoms with van der Waals surface area (Å²) in [7, 11) is -1.29. The molecule has 2 N–H and O–H groups in total. The van der Waals surface area contributed by atoms with Crippen molar-refractivity contribution >= 4 is 27.2 Å². The molecule has 1 aromatic carbocycles. The Balaban J connectivity index is 1.43. The van der Waals surface area contributed by atoms with Gasteiger partial charge in [-0.05, 0) is 57.1 Å². The average Bonchev–Trinajstić information content (AvgIpc) is 3.58. The van der Waals surface area contributed by atoms with Gasteiger partial charge in [0.1, 0.15) is 15.7 Å². The third-order valence-electron chi connectivity index (χ3n) is 8.36. The predicted molar refractivity (Wildman–Crippen MR) is 149 cm³/mol. The van der Waals surface area contributed by atoms with Gasteiger partial charge in [0.25, 0.3) is 0 Å². The van der Waals surface area contributed by atoms with E-state index in [2.05, 4.69) is 11.0 Å². The third-order valence-corrected chi connectivity index (χ3v) is 9.39. The Labute approximate surface area is 224 Å². The van der Waals surface area contributed by atoms with E-state index in [9.17, 15) is 13.2 Å². The smallest absolute Gasteiger partial charge is 0.233 e. The number of sulfone groups is 1. The highest BCUT2D eigenvalue weighted by Crippen LogP contribution is 2.44. The van der Waals surface area contributed by atoms with Gasteiger partial charge in [-0.25, -0.2) is 17.9 Å². The van der Waals surface area contributed by atoms with E-state index in [0.29, 0.717) is 19.3 Å². The number of amides is 1. The van der Waals surface area contributed by atoms with Crippen LogP contribution in [-0.2, 0) is 26.5 Å². The highest BCUT2D eigenvalue weighted by Gasteiger charge is 2.47. The SMILES string of the molecule is Cc1cn2nc([C@H](C)N(C)C(=O)C3(CCCS(C)(=O)=O)CCc4ccccc43)cc2nc1N1CC[C@H](N)C1. The minimum atomic E-state index is -3.11. The number of aryl methyl sites for hydroxylation is 2. The first kappa shape index (κ1) is 26.6. The van der Waals surface area contributed by atoms with Crippen molar-refractivity contribution in [2.45, 2.75) is 63.5 Å². The van der Waals surface area contributed by atoms with Crippen LogP contribution in [0.15, 0.2) is 36.5 Å². The lowest BCUT2D eigenvalue weighted by Gasteiger charge is -2.36. The van der Waals surface area contributed by atoms with Crippen LogP contribution in [0, 0.1) is 6.92 Å². The number of carbonyl (C=O) groups excluding carboxylic acids is 1. The number of fused-ring (bicyclic) bond motifs is 2. The van der Waals surface area contributed by atoms with E-state index in [4.69, 9.17) is 15.8 Å². The van der Waals surface area contributed by atoms with Crippen molar-refractivity contribution in [3.05, 3.63) is 58.9 Å². The molecule has 3 heterocycles. The van der Waals surface area contributed by atoms with Gasteiger partial charge in [-0.3, -0.25) is 4.79 Å². The molecule has 1 fully saturated rings. The van der Waals surface area contributed by atoms with Crippen LogP contribution in [0.25, 0.3) is 5.65 Å². The van der Waals surface area contributed by atoms with Gasteiger partial charge >= 0.3 is 0 Å². The maximum atomic E-state index is 14.2. The predicted octanol–water partition coefficient (Wildman–Crippen LogP) is 2.80. The Hall–Kier alpha value is -2.98. The van der Waals surface area contributed by atoms with E-state index in [0.717, 1.165) is 54.2 Å². The summed E-state index contributed by atoms with van der Waals surface area (Å²) in [6, 6.07) is 9.90. The van der Waals surface area contributed by atoms with E-state index in [1.807, 2.05) is 51.4 Å². The number of hydrogen-bond acceptors (Lipinski definition) is 7. The van der Waals surface area contributed by atoms with E-state index in [-0.39, 0.29) is 23.7 Å². The molecule has 204 valence electrons. The van der Waals surface area contributed by atoms with Crippen molar-refractivity contribution in [2.24, 2.45) is 5.73 Å². The summed E-state index contributed by atoms with van der Waals surface area (Å²) >= 11 is 0. The molecule has 5 rings (SSSR count). The van der Waals surface area contributed by atoms with Gasteiger partial charge in [0.2, 0.25) is 5.91 Å². The zero-order chi connectivity index (χ0) is 27.2. The Bertz CT molecular complexity index is 1470. The van der Waals surface area contributed by atoms with Gasteiger partial charge < -0.3 is 15.5 Å². The minimum absolute atomic E-state index is 0.0105. The number of aromatic nitrogens is 3. The van der Waals surface area contributed by atoms with Gasteiger partial charge in [0.05, 0.1) is 17.2 Å². The van der Waals surface area contributed by atoms with Crippen LogP contribution in [-0.4, -0.2) is 72.0 Å². The van der Waals surface area contributed by atoms with Gasteiger partial charge in [-0.1, -0.05) is 24.3 Å². The third kappa shape index (κ3) is 4.91. The van der Waals surface area contributed by atoms with Gasteiger partial charge in [0.15, 0.2) is 5.65 Å². The molecule has 1 unspecified atom stereocenters. The zero-order valence-corrected chi connectivity index (χ0v) is 23.5. The standard InChI is InChI=1S/C28H38N6O3S/c1-19-17-34-25(30-26(19)33-14-11-22(29)18-33)16-24(31-34)20(2)32(3)27(35)28(12-7-15-38(4,36)37)13-10-21-8-5-6-9-23(21)28/h5-6,8-9,16-17,20,22H,7,10-15,18,29H2,1-4H3/t20-,22-,28?/m0/s1. The molecule has 1 aliphatic heterocycles. The fourth-order valence-electron chi connectivity index (χ4n) is 6.15. The second-order valence-electron chi connectivity index (χ2n) is 11.2. The quantitative estimate of drug-likeness (QED) is 0.469. The van der Waals surface area contributed by atoms with E-state index < -0.39 is 15.3 Å². The number of carbonyl (C=O) groups is 1. The van der Waals surface area contributed by atoms with Gasteiger partial charge in [0, 0.05) is 56.0 Å². The second-order valence-corrected chi connectivity index (χ2v) is 13.4. The lowest BCUT2D eigenvalue weighted by atomic mass is 9.76. The van der Waals surface area contributed by atoms with Crippen LogP contribution < -0.4 is 10.6 Å². The molecule has 2 aliphatic rings. The summed E-state index contributed by atoms with van der Waals surface area (Å²) in [6.07, 6.45) is 6.63. The molecule has 38 heavy (non-hydrogen) atoms. The van der Waals surface area contributed by atoms with Crippen molar-refractivity contribution in [3.63, 3.8) is 0 Å². The van der Waals surface area contributed by atoms with E-state index >= 15 is 0 Å².